The van der Waals surface area contributed by atoms with E-state index < -0.39 is 0 Å². The van der Waals surface area contributed by atoms with Crippen LogP contribution in [0, 0.1) is 5.92 Å². The smallest absolute Gasteiger partial charge is 0.123 e. The lowest BCUT2D eigenvalue weighted by Crippen LogP contribution is -2.25. The van der Waals surface area contributed by atoms with Crippen LogP contribution >= 0.6 is 0 Å². The van der Waals surface area contributed by atoms with Crippen LogP contribution in [0.25, 0.3) is 0 Å². The molecule has 0 radical (unpaired) electrons. The molecule has 2 rings (SSSR count). The molecule has 4 nitrogen and oxygen atoms in total. The van der Waals surface area contributed by atoms with Crippen LogP contribution in [0.4, 0.5) is 0 Å². The molecule has 0 spiro atoms. The molecule has 0 aromatic heterocycles. The average Bonchev–Trinajstić information content (AvgIpc) is 2.37. The van der Waals surface area contributed by atoms with Gasteiger partial charge >= 0.3 is 0 Å². The maximum atomic E-state index is 5.67. The van der Waals surface area contributed by atoms with Gasteiger partial charge in [-0.2, -0.15) is 5.10 Å². The standard InChI is InChI=1S/C14H19N3O/c1-3-8-18-12-6-4-11(5-7-12)14-10(2)9-13(15)16-17-14/h4-7,10H,3,8-9H2,1-2H3,(H2,15,16). The van der Waals surface area contributed by atoms with Gasteiger partial charge in [-0.3, -0.25) is 0 Å². The molecular formula is C14H19N3O. The molecule has 4 heteroatoms. The van der Waals surface area contributed by atoms with Crippen LogP contribution in [-0.2, 0) is 0 Å². The van der Waals surface area contributed by atoms with E-state index in [9.17, 15) is 0 Å². The third-order valence-electron chi connectivity index (χ3n) is 2.89. The minimum absolute atomic E-state index is 0.310. The van der Waals surface area contributed by atoms with Gasteiger partial charge in [0.15, 0.2) is 0 Å². The van der Waals surface area contributed by atoms with Crippen molar-refractivity contribution in [3.05, 3.63) is 29.8 Å². The summed E-state index contributed by atoms with van der Waals surface area (Å²) in [5.74, 6) is 1.81. The first-order valence-corrected chi connectivity index (χ1v) is 6.33. The van der Waals surface area contributed by atoms with E-state index >= 15 is 0 Å². The summed E-state index contributed by atoms with van der Waals surface area (Å²) < 4.78 is 5.55. The van der Waals surface area contributed by atoms with Gasteiger partial charge in [0.1, 0.15) is 11.6 Å². The lowest BCUT2D eigenvalue weighted by atomic mass is 9.94. The zero-order valence-electron chi connectivity index (χ0n) is 10.9. The predicted octanol–water partition coefficient (Wildman–Crippen LogP) is 2.58. The van der Waals surface area contributed by atoms with Crippen molar-refractivity contribution >= 4 is 11.5 Å². The largest absolute Gasteiger partial charge is 0.494 e. The van der Waals surface area contributed by atoms with Crippen molar-refractivity contribution in [1.29, 1.82) is 0 Å². The number of hydrogen-bond donors (Lipinski definition) is 1. The molecule has 1 aromatic carbocycles. The highest BCUT2D eigenvalue weighted by atomic mass is 16.5. The molecule has 1 aliphatic rings. The van der Waals surface area contributed by atoms with Crippen molar-refractivity contribution in [2.45, 2.75) is 26.7 Å². The monoisotopic (exact) mass is 245 g/mol. The fourth-order valence-corrected chi connectivity index (χ4v) is 1.95. The maximum absolute atomic E-state index is 5.67. The number of ether oxygens (including phenoxy) is 1. The van der Waals surface area contributed by atoms with Crippen molar-refractivity contribution in [2.24, 2.45) is 21.9 Å². The quantitative estimate of drug-likeness (QED) is 0.886. The second kappa shape index (κ2) is 5.67. The van der Waals surface area contributed by atoms with E-state index in [1.54, 1.807) is 0 Å². The lowest BCUT2D eigenvalue weighted by molar-refractivity contribution is 0.317. The number of rotatable bonds is 4. The fourth-order valence-electron chi connectivity index (χ4n) is 1.95. The summed E-state index contributed by atoms with van der Waals surface area (Å²) in [5, 5.41) is 8.15. The second-order valence-corrected chi connectivity index (χ2v) is 4.55. The number of benzene rings is 1. The zero-order chi connectivity index (χ0) is 13.0. The molecular weight excluding hydrogens is 226 g/mol. The summed E-state index contributed by atoms with van der Waals surface area (Å²) in [5.41, 5.74) is 7.74. The van der Waals surface area contributed by atoms with Crippen LogP contribution in [0.15, 0.2) is 34.5 Å². The van der Waals surface area contributed by atoms with Crippen molar-refractivity contribution in [2.75, 3.05) is 6.61 Å². The Balaban J connectivity index is 2.14. The fraction of sp³-hybridized carbons (Fsp3) is 0.429. The van der Waals surface area contributed by atoms with Crippen molar-refractivity contribution < 1.29 is 4.74 Å². The van der Waals surface area contributed by atoms with E-state index in [1.165, 1.54) is 0 Å². The molecule has 0 aliphatic carbocycles. The third kappa shape index (κ3) is 2.88. The molecule has 1 atom stereocenters. The molecule has 1 unspecified atom stereocenters. The number of nitrogens with two attached hydrogens (primary N) is 1. The summed E-state index contributed by atoms with van der Waals surface area (Å²) in [6.07, 6.45) is 1.78. The van der Waals surface area contributed by atoms with E-state index in [-0.39, 0.29) is 0 Å². The summed E-state index contributed by atoms with van der Waals surface area (Å²) in [4.78, 5) is 0. The van der Waals surface area contributed by atoms with E-state index in [1.807, 2.05) is 24.3 Å². The molecule has 18 heavy (non-hydrogen) atoms. The Hall–Kier alpha value is -1.84. The SMILES string of the molecule is CCCOc1ccc(C2=NN=C(N)CC2C)cc1. The van der Waals surface area contributed by atoms with Gasteiger partial charge in [0, 0.05) is 12.3 Å². The minimum atomic E-state index is 0.310. The van der Waals surface area contributed by atoms with Crippen molar-refractivity contribution in [1.82, 2.24) is 0 Å². The lowest BCUT2D eigenvalue weighted by Gasteiger charge is -2.17. The maximum Gasteiger partial charge on any atom is 0.123 e. The third-order valence-corrected chi connectivity index (χ3v) is 2.89. The molecule has 0 amide bonds. The van der Waals surface area contributed by atoms with Gasteiger partial charge in [-0.05, 0) is 36.2 Å². The minimum Gasteiger partial charge on any atom is -0.494 e. The van der Waals surface area contributed by atoms with Gasteiger partial charge in [0.2, 0.25) is 0 Å². The Morgan fingerprint density at radius 1 is 1.28 bits per heavy atom. The zero-order valence-corrected chi connectivity index (χ0v) is 10.9. The van der Waals surface area contributed by atoms with Crippen molar-refractivity contribution in [3.8, 4) is 5.75 Å². The first-order valence-electron chi connectivity index (χ1n) is 6.33. The van der Waals surface area contributed by atoms with Crippen LogP contribution < -0.4 is 10.5 Å². The Labute approximate surface area is 108 Å². The van der Waals surface area contributed by atoms with Gasteiger partial charge in [0.25, 0.3) is 0 Å². The molecule has 96 valence electrons. The first-order chi connectivity index (χ1) is 8.70. The van der Waals surface area contributed by atoms with E-state index in [4.69, 9.17) is 10.5 Å². The Morgan fingerprint density at radius 3 is 2.61 bits per heavy atom. The molecule has 0 saturated heterocycles. The normalized spacial score (nSPS) is 19.1. The number of nitrogens with zero attached hydrogens (tertiary/aromatic N) is 2. The molecule has 0 saturated carbocycles. The molecule has 1 aromatic rings. The Kier molecular flexibility index (Phi) is 3.97. The van der Waals surface area contributed by atoms with Gasteiger partial charge < -0.3 is 10.5 Å². The topological polar surface area (TPSA) is 60.0 Å². The van der Waals surface area contributed by atoms with E-state index in [2.05, 4.69) is 24.1 Å². The Morgan fingerprint density at radius 2 is 2.00 bits per heavy atom. The summed E-state index contributed by atoms with van der Waals surface area (Å²) in [6, 6.07) is 8.00. The van der Waals surface area contributed by atoms with Gasteiger partial charge in [-0.1, -0.05) is 13.8 Å². The number of hydrogen-bond acceptors (Lipinski definition) is 4. The second-order valence-electron chi connectivity index (χ2n) is 4.55. The van der Waals surface area contributed by atoms with Gasteiger partial charge in [0.05, 0.1) is 12.3 Å². The number of amidine groups is 1. The molecule has 1 heterocycles. The van der Waals surface area contributed by atoms with E-state index in [0.717, 1.165) is 36.5 Å². The molecule has 0 fully saturated rings. The summed E-state index contributed by atoms with van der Waals surface area (Å²) in [6.45, 7) is 4.95. The molecule has 2 N–H and O–H groups in total. The van der Waals surface area contributed by atoms with E-state index in [0.29, 0.717) is 11.8 Å². The van der Waals surface area contributed by atoms with Crippen LogP contribution in [0.3, 0.4) is 0 Å². The highest BCUT2D eigenvalue weighted by Gasteiger charge is 2.18. The van der Waals surface area contributed by atoms with Crippen LogP contribution in [-0.4, -0.2) is 18.2 Å². The average molecular weight is 245 g/mol. The summed E-state index contributed by atoms with van der Waals surface area (Å²) >= 11 is 0. The highest BCUT2D eigenvalue weighted by Crippen LogP contribution is 2.20. The van der Waals surface area contributed by atoms with Crippen LogP contribution in [0.1, 0.15) is 32.3 Å². The predicted molar refractivity (Wildman–Crippen MR) is 74.2 cm³/mol. The molecule has 1 aliphatic heterocycles. The van der Waals surface area contributed by atoms with Crippen molar-refractivity contribution in [3.63, 3.8) is 0 Å². The first kappa shape index (κ1) is 12.6. The van der Waals surface area contributed by atoms with Gasteiger partial charge in [-0.25, -0.2) is 0 Å². The van der Waals surface area contributed by atoms with Gasteiger partial charge in [-0.15, -0.1) is 5.10 Å². The summed E-state index contributed by atoms with van der Waals surface area (Å²) in [7, 11) is 0. The molecule has 0 bridgehead atoms. The highest BCUT2D eigenvalue weighted by molar-refractivity contribution is 6.05. The van der Waals surface area contributed by atoms with Crippen LogP contribution in [0.5, 0.6) is 5.75 Å². The Bertz CT molecular complexity index is 462. The van der Waals surface area contributed by atoms with Crippen LogP contribution in [0.2, 0.25) is 0 Å².